The van der Waals surface area contributed by atoms with Crippen LogP contribution in [-0.2, 0) is 16.6 Å². The zero-order valence-corrected chi connectivity index (χ0v) is 23.9. The molecule has 2 N–H and O–H groups in total. The van der Waals surface area contributed by atoms with Gasteiger partial charge in [0.25, 0.3) is 0 Å². The van der Waals surface area contributed by atoms with Gasteiger partial charge in [0.05, 0.1) is 12.7 Å². The summed E-state index contributed by atoms with van der Waals surface area (Å²) in [7, 11) is 3.26. The summed E-state index contributed by atoms with van der Waals surface area (Å²) >= 11 is 0. The van der Waals surface area contributed by atoms with Crippen molar-refractivity contribution in [1.29, 1.82) is 0 Å². The minimum absolute atomic E-state index is 0.0399. The molecule has 226 valence electrons. The maximum Gasteiger partial charge on any atom is 0.573 e. The summed E-state index contributed by atoms with van der Waals surface area (Å²) in [6.07, 6.45) is 3.46. The second-order valence-corrected chi connectivity index (χ2v) is 12.4. The number of benzene rings is 2. The molecule has 6 rings (SSSR count). The number of aliphatic hydroxyl groups is 1. The number of carbonyl (C=O) groups is 1. The molecule has 0 radical (unpaired) electrons. The van der Waals surface area contributed by atoms with E-state index in [0.717, 1.165) is 24.2 Å². The Morgan fingerprint density at radius 2 is 1.98 bits per heavy atom. The van der Waals surface area contributed by atoms with Gasteiger partial charge in [0.15, 0.2) is 11.5 Å². The highest BCUT2D eigenvalue weighted by Crippen LogP contribution is 2.61. The number of likely N-dealkylation sites (tertiary alicyclic amines) is 1. The average molecular weight is 587 g/mol. The number of nitrogens with zero attached hydrogens (tertiary/aromatic N) is 2. The van der Waals surface area contributed by atoms with Gasteiger partial charge in [-0.2, -0.15) is 0 Å². The van der Waals surface area contributed by atoms with Crippen LogP contribution in [0.1, 0.15) is 55.2 Å². The summed E-state index contributed by atoms with van der Waals surface area (Å²) in [5, 5.41) is 23.4. The molecule has 2 aromatic rings. The first kappa shape index (κ1) is 28.9. The van der Waals surface area contributed by atoms with Gasteiger partial charge in [-0.25, -0.2) is 0 Å². The molecular weight excluding hydrogens is 549 g/mol. The second-order valence-electron chi connectivity index (χ2n) is 12.4. The molecule has 2 bridgehead atoms. The van der Waals surface area contributed by atoms with E-state index >= 15 is 0 Å². The van der Waals surface area contributed by atoms with Crippen LogP contribution in [0.5, 0.6) is 17.2 Å². The molecule has 2 aromatic carbocycles. The number of alkyl halides is 3. The van der Waals surface area contributed by atoms with Crippen molar-refractivity contribution in [3.8, 4) is 17.2 Å². The van der Waals surface area contributed by atoms with E-state index in [4.69, 9.17) is 4.74 Å². The molecule has 4 aliphatic rings. The quantitative estimate of drug-likeness (QED) is 0.443. The van der Waals surface area contributed by atoms with Gasteiger partial charge in [-0.15, -0.1) is 13.2 Å². The van der Waals surface area contributed by atoms with Crippen molar-refractivity contribution in [2.24, 2.45) is 5.92 Å². The average Bonchev–Trinajstić information content (AvgIpc) is 3.76. The molecule has 2 saturated carbocycles. The third kappa shape index (κ3) is 5.02. The Labute approximate surface area is 243 Å². The van der Waals surface area contributed by atoms with Gasteiger partial charge in [-0.3, -0.25) is 9.69 Å². The largest absolute Gasteiger partial charge is 0.573 e. The number of phenols is 1. The molecule has 4 atom stereocenters. The molecule has 1 saturated heterocycles. The monoisotopic (exact) mass is 586 g/mol. The summed E-state index contributed by atoms with van der Waals surface area (Å²) in [5.41, 5.74) is 0.582. The van der Waals surface area contributed by atoms with Crippen LogP contribution in [0.4, 0.5) is 13.2 Å². The van der Waals surface area contributed by atoms with E-state index in [-0.39, 0.29) is 29.5 Å². The molecule has 42 heavy (non-hydrogen) atoms. The van der Waals surface area contributed by atoms with Crippen molar-refractivity contribution < 1.29 is 37.7 Å². The van der Waals surface area contributed by atoms with E-state index in [0.29, 0.717) is 49.3 Å². The number of methoxy groups -OCH3 is 1. The lowest BCUT2D eigenvalue weighted by molar-refractivity contribution is -0.274. The van der Waals surface area contributed by atoms with Crippen molar-refractivity contribution in [3.63, 3.8) is 0 Å². The Morgan fingerprint density at radius 3 is 2.69 bits per heavy atom. The molecule has 3 fully saturated rings. The van der Waals surface area contributed by atoms with Crippen LogP contribution in [0.25, 0.3) is 6.08 Å². The maximum atomic E-state index is 13.3. The number of piperidine rings is 1. The molecule has 1 unspecified atom stereocenters. The first-order chi connectivity index (χ1) is 19.9. The molecule has 1 amide bonds. The van der Waals surface area contributed by atoms with E-state index < -0.39 is 17.4 Å². The van der Waals surface area contributed by atoms with Crippen LogP contribution in [0, 0.1) is 5.92 Å². The maximum absolute atomic E-state index is 13.3. The van der Waals surface area contributed by atoms with Crippen molar-refractivity contribution in [2.45, 2.75) is 74.4 Å². The predicted molar refractivity (Wildman–Crippen MR) is 150 cm³/mol. The fourth-order valence-electron chi connectivity index (χ4n) is 7.83. The lowest BCUT2D eigenvalue weighted by atomic mass is 9.48. The van der Waals surface area contributed by atoms with Gasteiger partial charge >= 0.3 is 6.36 Å². The summed E-state index contributed by atoms with van der Waals surface area (Å²) in [5.74, 6) is 0.482. The first-order valence-electron chi connectivity index (χ1n) is 14.6. The highest BCUT2D eigenvalue weighted by Gasteiger charge is 2.66. The van der Waals surface area contributed by atoms with Gasteiger partial charge in [0.2, 0.25) is 5.91 Å². The zero-order valence-electron chi connectivity index (χ0n) is 23.9. The van der Waals surface area contributed by atoms with Crippen LogP contribution in [0.15, 0.2) is 42.5 Å². The van der Waals surface area contributed by atoms with E-state index in [1.807, 2.05) is 6.07 Å². The van der Waals surface area contributed by atoms with E-state index in [2.05, 4.69) is 9.64 Å². The number of carbonyl (C=O) groups excluding carboxylic acids is 1. The topological polar surface area (TPSA) is 82.5 Å². The molecule has 1 aliphatic heterocycles. The van der Waals surface area contributed by atoms with Gasteiger partial charge in [-0.1, -0.05) is 18.2 Å². The first-order valence-corrected chi connectivity index (χ1v) is 14.6. The Morgan fingerprint density at radius 1 is 1.19 bits per heavy atom. The molecular formula is C32H37F3N2O5. The number of phenolic OH excluding ortho intramolecular Hbond substituents is 1. The molecule has 10 heteroatoms. The number of likely N-dealkylation sites (N-methyl/N-ethyl adjacent to an activating group) is 1. The Balaban J connectivity index is 1.28. The minimum Gasteiger partial charge on any atom is -0.504 e. The highest BCUT2D eigenvalue weighted by molar-refractivity contribution is 5.92. The summed E-state index contributed by atoms with van der Waals surface area (Å²) < 4.78 is 47.6. The highest BCUT2D eigenvalue weighted by atomic mass is 19.4. The molecule has 0 spiro atoms. The van der Waals surface area contributed by atoms with E-state index in [9.17, 15) is 28.2 Å². The number of hydrogen-bond donors (Lipinski definition) is 2. The number of amides is 1. The van der Waals surface area contributed by atoms with Crippen molar-refractivity contribution in [2.75, 3.05) is 27.2 Å². The lowest BCUT2D eigenvalue weighted by Crippen LogP contribution is -2.74. The normalized spacial score (nSPS) is 29.1. The Kier molecular flexibility index (Phi) is 7.20. The van der Waals surface area contributed by atoms with E-state index in [1.54, 1.807) is 24.1 Å². The van der Waals surface area contributed by atoms with Gasteiger partial charge in [0, 0.05) is 42.7 Å². The van der Waals surface area contributed by atoms with Crippen LogP contribution in [0.2, 0.25) is 0 Å². The van der Waals surface area contributed by atoms with Crippen molar-refractivity contribution in [1.82, 2.24) is 9.80 Å². The fourth-order valence-corrected chi connectivity index (χ4v) is 7.83. The number of rotatable bonds is 7. The van der Waals surface area contributed by atoms with Gasteiger partial charge < -0.3 is 24.6 Å². The van der Waals surface area contributed by atoms with Crippen molar-refractivity contribution >= 4 is 12.0 Å². The standard InChI is InChI=1S/C32H37F3N2O5/c1-36(27(39)11-8-20-4-3-5-24(16-20)42-32(33,34)35)23-12-13-31(40)26-17-22-9-10-25(38)29(41-2)28(22)30(31,18-23)14-15-37(26)19-21-6-7-21/h3-5,8-11,16,21,23,26,38,40H,6-7,12-15,17-19H2,1-2H3/b11-8+/t23?,26-,30-,31-/m1/s1. The van der Waals surface area contributed by atoms with E-state index in [1.165, 1.54) is 50.3 Å². The second kappa shape index (κ2) is 10.5. The van der Waals surface area contributed by atoms with Crippen LogP contribution in [-0.4, -0.2) is 77.2 Å². The SMILES string of the molecule is COc1c(O)ccc2c1[C@]13CCN(CC4CC4)[C@H](C2)[C@]1(O)CCC(N(C)C(=O)/C=C/c1cccc(OC(F)(F)F)c1)C3. The number of fused-ring (bicyclic) bond motifs is 1. The Hall–Kier alpha value is -3.24. The third-order valence-electron chi connectivity index (χ3n) is 10.0. The summed E-state index contributed by atoms with van der Waals surface area (Å²) in [4.78, 5) is 17.5. The van der Waals surface area contributed by atoms with Crippen molar-refractivity contribution in [3.05, 3.63) is 59.2 Å². The summed E-state index contributed by atoms with van der Waals surface area (Å²) in [6, 6.07) is 8.82. The number of halogens is 3. The number of aromatic hydroxyl groups is 1. The van der Waals surface area contributed by atoms with Crippen LogP contribution >= 0.6 is 0 Å². The summed E-state index contributed by atoms with van der Waals surface area (Å²) in [6.45, 7) is 1.80. The predicted octanol–water partition coefficient (Wildman–Crippen LogP) is 5.03. The van der Waals surface area contributed by atoms with Crippen LogP contribution < -0.4 is 9.47 Å². The fraction of sp³-hybridized carbons (Fsp3) is 0.531. The number of ether oxygens (including phenoxy) is 2. The minimum atomic E-state index is -4.80. The Bertz CT molecular complexity index is 1390. The molecule has 1 heterocycles. The zero-order chi connectivity index (χ0) is 29.9. The molecule has 7 nitrogen and oxygen atoms in total. The molecule has 3 aliphatic carbocycles. The number of hydrogen-bond acceptors (Lipinski definition) is 6. The van der Waals surface area contributed by atoms with Crippen LogP contribution in [0.3, 0.4) is 0 Å². The smallest absolute Gasteiger partial charge is 0.504 e. The van der Waals surface area contributed by atoms with Gasteiger partial charge in [0.1, 0.15) is 5.75 Å². The lowest BCUT2D eigenvalue weighted by Gasteiger charge is -2.65. The third-order valence-corrected chi connectivity index (χ3v) is 10.0. The molecule has 0 aromatic heterocycles. The van der Waals surface area contributed by atoms with Gasteiger partial charge in [-0.05, 0) is 92.8 Å².